The molecule has 2 amide bonds. The van der Waals surface area contributed by atoms with Gasteiger partial charge in [-0.2, -0.15) is 0 Å². The third kappa shape index (κ3) is 0.786. The highest BCUT2D eigenvalue weighted by molar-refractivity contribution is 8.78. The van der Waals surface area contributed by atoms with Crippen LogP contribution in [-0.4, -0.2) is 44.4 Å². The molecule has 2 bridgehead atoms. The molecule has 5 rings (SSSR count). The van der Waals surface area contributed by atoms with E-state index < -0.39 is 9.74 Å². The lowest BCUT2D eigenvalue weighted by Crippen LogP contribution is -2.73. The number of rotatable bonds is 0. The smallest absolute Gasteiger partial charge is 0.261 e. The van der Waals surface area contributed by atoms with Gasteiger partial charge in [0.05, 0.1) is 0 Å². The van der Waals surface area contributed by atoms with E-state index in [1.165, 1.54) is 0 Å². The molecule has 5 fully saturated rings. The van der Waals surface area contributed by atoms with Crippen LogP contribution in [0.25, 0.3) is 0 Å². The van der Waals surface area contributed by atoms with E-state index in [9.17, 15) is 9.59 Å². The van der Waals surface area contributed by atoms with Crippen LogP contribution in [-0.2, 0) is 9.59 Å². The SMILES string of the molecule is O=C1N2CCC[C@]23SS[C@]12CCCN2C3=O. The van der Waals surface area contributed by atoms with Gasteiger partial charge in [-0.05, 0) is 25.7 Å². The third-order valence-corrected chi connectivity index (χ3v) is 7.88. The molecule has 5 aliphatic heterocycles. The van der Waals surface area contributed by atoms with Crippen LogP contribution in [0.4, 0.5) is 0 Å². The number of nitrogens with zero attached hydrogens (tertiary/aromatic N) is 2. The molecule has 4 nitrogen and oxygen atoms in total. The minimum absolute atomic E-state index is 0.200. The summed E-state index contributed by atoms with van der Waals surface area (Å²) in [6, 6.07) is 0. The number of amides is 2. The molecular formula is C10H12N2O2S2. The Balaban J connectivity index is 1.92. The van der Waals surface area contributed by atoms with Gasteiger partial charge >= 0.3 is 0 Å². The summed E-state index contributed by atoms with van der Waals surface area (Å²) in [5.74, 6) is 0.400. The standard InChI is InChI=1S/C10H12N2O2S2/c13-7-9-3-1-5-11(9)8(14)10(16-15-9)4-2-6-12(7)10/h1-6H2/t9-,10-/m1/s1. The third-order valence-electron chi connectivity index (χ3n) is 4.14. The summed E-state index contributed by atoms with van der Waals surface area (Å²) in [6.07, 6.45) is 3.60. The van der Waals surface area contributed by atoms with Gasteiger partial charge in [-0.3, -0.25) is 9.59 Å². The first-order valence-electron chi connectivity index (χ1n) is 5.72. The molecular weight excluding hydrogens is 244 g/mol. The molecule has 0 radical (unpaired) electrons. The molecule has 2 spiro atoms. The maximum atomic E-state index is 12.5. The zero-order chi connectivity index (χ0) is 11.0. The minimum atomic E-state index is -0.534. The summed E-state index contributed by atoms with van der Waals surface area (Å²) in [7, 11) is 3.28. The number of carbonyl (C=O) groups is 2. The maximum absolute atomic E-state index is 12.5. The topological polar surface area (TPSA) is 40.6 Å². The van der Waals surface area contributed by atoms with E-state index in [2.05, 4.69) is 0 Å². The molecule has 0 saturated carbocycles. The van der Waals surface area contributed by atoms with Crippen LogP contribution < -0.4 is 0 Å². The van der Waals surface area contributed by atoms with E-state index in [1.807, 2.05) is 9.80 Å². The van der Waals surface area contributed by atoms with Crippen LogP contribution in [0.15, 0.2) is 0 Å². The van der Waals surface area contributed by atoms with Crippen molar-refractivity contribution in [3.05, 3.63) is 0 Å². The van der Waals surface area contributed by atoms with Gasteiger partial charge in [-0.1, -0.05) is 21.6 Å². The molecule has 0 aromatic rings. The summed E-state index contributed by atoms with van der Waals surface area (Å²) in [4.78, 5) is 27.7. The van der Waals surface area contributed by atoms with Gasteiger partial charge in [0.2, 0.25) is 0 Å². The lowest BCUT2D eigenvalue weighted by atomic mass is 10.0. The van der Waals surface area contributed by atoms with Crippen LogP contribution >= 0.6 is 21.6 Å². The molecule has 2 atom stereocenters. The second kappa shape index (κ2) is 2.72. The van der Waals surface area contributed by atoms with Crippen molar-refractivity contribution in [2.75, 3.05) is 13.1 Å². The number of hydrogen-bond acceptors (Lipinski definition) is 4. The fourth-order valence-corrected chi connectivity index (χ4v) is 7.28. The van der Waals surface area contributed by atoms with E-state index in [4.69, 9.17) is 0 Å². The van der Waals surface area contributed by atoms with Gasteiger partial charge in [-0.25, -0.2) is 0 Å². The molecule has 86 valence electrons. The predicted molar refractivity (Wildman–Crippen MR) is 62.5 cm³/mol. The average Bonchev–Trinajstić information content (AvgIpc) is 2.89. The van der Waals surface area contributed by atoms with Crippen LogP contribution in [0.3, 0.4) is 0 Å². The Bertz CT molecular complexity index is 378. The number of piperazine rings is 1. The molecule has 0 unspecified atom stereocenters. The summed E-state index contributed by atoms with van der Waals surface area (Å²) < 4.78 is 0. The first kappa shape index (κ1) is 9.65. The monoisotopic (exact) mass is 256 g/mol. The lowest BCUT2D eigenvalue weighted by Gasteiger charge is -2.56. The molecule has 0 N–H and O–H groups in total. The summed E-state index contributed by atoms with van der Waals surface area (Å²) in [5.41, 5.74) is 0. The molecule has 16 heavy (non-hydrogen) atoms. The van der Waals surface area contributed by atoms with E-state index in [0.717, 1.165) is 38.8 Å². The Hall–Kier alpha value is -0.360. The zero-order valence-electron chi connectivity index (χ0n) is 8.77. The highest BCUT2D eigenvalue weighted by atomic mass is 33.1. The van der Waals surface area contributed by atoms with Crippen molar-refractivity contribution in [3.8, 4) is 0 Å². The first-order valence-corrected chi connectivity index (χ1v) is 7.87. The van der Waals surface area contributed by atoms with E-state index in [1.54, 1.807) is 21.6 Å². The average molecular weight is 256 g/mol. The largest absolute Gasteiger partial charge is 0.316 e. The Labute approximate surface area is 101 Å². The zero-order valence-corrected chi connectivity index (χ0v) is 10.4. The Morgan fingerprint density at radius 2 is 1.31 bits per heavy atom. The van der Waals surface area contributed by atoms with E-state index in [0.29, 0.717) is 0 Å². The van der Waals surface area contributed by atoms with E-state index in [-0.39, 0.29) is 11.8 Å². The Morgan fingerprint density at radius 3 is 1.75 bits per heavy atom. The first-order chi connectivity index (χ1) is 7.71. The normalized spacial score (nSPS) is 45.2. The fourth-order valence-electron chi connectivity index (χ4n) is 3.36. The molecule has 6 heteroatoms. The van der Waals surface area contributed by atoms with Crippen molar-refractivity contribution in [1.82, 2.24) is 9.80 Å². The van der Waals surface area contributed by atoms with Crippen molar-refractivity contribution in [1.29, 1.82) is 0 Å². The highest BCUT2D eigenvalue weighted by Gasteiger charge is 2.71. The van der Waals surface area contributed by atoms with Crippen LogP contribution in [0, 0.1) is 0 Å². The van der Waals surface area contributed by atoms with Gasteiger partial charge in [0.1, 0.15) is 0 Å². The molecule has 5 aliphatic rings. The Kier molecular flexibility index (Phi) is 1.64. The second-order valence-corrected chi connectivity index (χ2v) is 7.54. The van der Waals surface area contributed by atoms with Crippen molar-refractivity contribution >= 4 is 33.4 Å². The maximum Gasteiger partial charge on any atom is 0.261 e. The van der Waals surface area contributed by atoms with Crippen molar-refractivity contribution in [2.45, 2.75) is 35.4 Å². The number of fused-ring (bicyclic) bond motifs is 1. The van der Waals surface area contributed by atoms with Crippen LogP contribution in [0.1, 0.15) is 25.7 Å². The minimum Gasteiger partial charge on any atom is -0.316 e. The van der Waals surface area contributed by atoms with Crippen LogP contribution in [0.2, 0.25) is 0 Å². The summed E-state index contributed by atoms with van der Waals surface area (Å²) in [6.45, 7) is 1.54. The van der Waals surface area contributed by atoms with Gasteiger partial charge in [0.25, 0.3) is 11.8 Å². The number of hydrogen-bond donors (Lipinski definition) is 0. The van der Waals surface area contributed by atoms with Crippen molar-refractivity contribution in [3.63, 3.8) is 0 Å². The van der Waals surface area contributed by atoms with Gasteiger partial charge in [0, 0.05) is 13.1 Å². The molecule has 0 aromatic heterocycles. The quantitative estimate of drug-likeness (QED) is 0.607. The predicted octanol–water partition coefficient (Wildman–Crippen LogP) is 1.03. The van der Waals surface area contributed by atoms with Crippen molar-refractivity contribution < 1.29 is 9.59 Å². The van der Waals surface area contributed by atoms with Gasteiger partial charge in [0.15, 0.2) is 9.74 Å². The van der Waals surface area contributed by atoms with Crippen molar-refractivity contribution in [2.24, 2.45) is 0 Å². The molecule has 5 saturated heterocycles. The van der Waals surface area contributed by atoms with Gasteiger partial charge < -0.3 is 9.80 Å². The second-order valence-electron chi connectivity index (χ2n) is 4.86. The summed E-state index contributed by atoms with van der Waals surface area (Å²) >= 11 is 0. The molecule has 0 aromatic carbocycles. The molecule has 5 heterocycles. The van der Waals surface area contributed by atoms with Gasteiger partial charge in [-0.15, -0.1) is 0 Å². The van der Waals surface area contributed by atoms with Crippen LogP contribution in [0.5, 0.6) is 0 Å². The lowest BCUT2D eigenvalue weighted by molar-refractivity contribution is -0.161. The highest BCUT2D eigenvalue weighted by Crippen LogP contribution is 2.64. The molecule has 0 aliphatic carbocycles. The summed E-state index contributed by atoms with van der Waals surface area (Å²) in [5, 5.41) is 0. The fraction of sp³-hybridized carbons (Fsp3) is 0.800. The number of carbonyl (C=O) groups excluding carboxylic acids is 2. The Morgan fingerprint density at radius 1 is 0.875 bits per heavy atom. The van der Waals surface area contributed by atoms with E-state index >= 15 is 0 Å².